The Labute approximate surface area is 93.7 Å². The Morgan fingerprint density at radius 2 is 1.69 bits per heavy atom. The van der Waals surface area contributed by atoms with Gasteiger partial charge in [0.05, 0.1) is 17.0 Å². The Morgan fingerprint density at radius 1 is 1.06 bits per heavy atom. The van der Waals surface area contributed by atoms with Crippen molar-refractivity contribution < 1.29 is 0 Å². The van der Waals surface area contributed by atoms with Gasteiger partial charge in [-0.2, -0.15) is 5.26 Å². The van der Waals surface area contributed by atoms with E-state index in [-0.39, 0.29) is 0 Å². The quantitative estimate of drug-likeness (QED) is 0.806. The molecule has 1 N–H and O–H groups in total. The van der Waals surface area contributed by atoms with Gasteiger partial charge < -0.3 is 9.98 Å². The number of benzene rings is 1. The molecule has 2 rings (SSSR count). The molecule has 0 bridgehead atoms. The monoisotopic (exact) mass is 209 g/mol. The SMILES string of the molecule is N#Cc1ccc(Cn2ccc(=N)cc2)cc1. The van der Waals surface area contributed by atoms with E-state index in [4.69, 9.17) is 10.7 Å². The number of aromatic nitrogens is 1. The van der Waals surface area contributed by atoms with Crippen LogP contribution >= 0.6 is 0 Å². The van der Waals surface area contributed by atoms with Crippen LogP contribution in [0.3, 0.4) is 0 Å². The highest BCUT2D eigenvalue weighted by molar-refractivity contribution is 5.31. The van der Waals surface area contributed by atoms with Gasteiger partial charge >= 0.3 is 0 Å². The lowest BCUT2D eigenvalue weighted by atomic mass is 10.1. The van der Waals surface area contributed by atoms with Crippen LogP contribution in [0.25, 0.3) is 0 Å². The molecule has 0 aliphatic carbocycles. The van der Waals surface area contributed by atoms with Crippen LogP contribution in [0.1, 0.15) is 11.1 Å². The molecular weight excluding hydrogens is 198 g/mol. The van der Waals surface area contributed by atoms with Gasteiger partial charge in [-0.3, -0.25) is 0 Å². The van der Waals surface area contributed by atoms with Gasteiger partial charge in [-0.05, 0) is 29.8 Å². The molecule has 0 amide bonds. The minimum Gasteiger partial charge on any atom is -0.350 e. The summed E-state index contributed by atoms with van der Waals surface area (Å²) in [4.78, 5) is 0. The normalized spacial score (nSPS) is 9.69. The fourth-order valence-electron chi connectivity index (χ4n) is 1.46. The fraction of sp³-hybridized carbons (Fsp3) is 0.0769. The Balaban J connectivity index is 2.18. The van der Waals surface area contributed by atoms with Crippen LogP contribution in [-0.4, -0.2) is 4.57 Å². The van der Waals surface area contributed by atoms with E-state index in [1.807, 2.05) is 41.2 Å². The summed E-state index contributed by atoms with van der Waals surface area (Å²) < 4.78 is 2.00. The molecule has 1 aromatic heterocycles. The number of nitriles is 1. The number of hydrogen-bond acceptors (Lipinski definition) is 2. The summed E-state index contributed by atoms with van der Waals surface area (Å²) in [6.45, 7) is 0.756. The van der Waals surface area contributed by atoms with Crippen molar-refractivity contribution in [1.29, 1.82) is 10.7 Å². The molecule has 1 aromatic carbocycles. The van der Waals surface area contributed by atoms with Gasteiger partial charge in [-0.15, -0.1) is 0 Å². The molecule has 0 fully saturated rings. The third-order valence-electron chi connectivity index (χ3n) is 2.34. The number of rotatable bonds is 2. The second-order valence-electron chi connectivity index (χ2n) is 3.57. The predicted molar refractivity (Wildman–Crippen MR) is 60.5 cm³/mol. The lowest BCUT2D eigenvalue weighted by Crippen LogP contribution is -2.04. The van der Waals surface area contributed by atoms with Crippen LogP contribution in [0.4, 0.5) is 0 Å². The molecule has 3 heteroatoms. The Kier molecular flexibility index (Phi) is 2.84. The molecular formula is C13H11N3. The summed E-state index contributed by atoms with van der Waals surface area (Å²) >= 11 is 0. The maximum atomic E-state index is 8.67. The van der Waals surface area contributed by atoms with Gasteiger partial charge in [0.1, 0.15) is 0 Å². The maximum absolute atomic E-state index is 8.67. The zero-order chi connectivity index (χ0) is 11.4. The van der Waals surface area contributed by atoms with Crippen molar-refractivity contribution in [3.8, 4) is 6.07 Å². The van der Waals surface area contributed by atoms with E-state index in [1.54, 1.807) is 12.1 Å². The van der Waals surface area contributed by atoms with E-state index in [0.29, 0.717) is 10.9 Å². The highest BCUT2D eigenvalue weighted by atomic mass is 14.9. The van der Waals surface area contributed by atoms with Crippen molar-refractivity contribution in [3.05, 3.63) is 65.3 Å². The van der Waals surface area contributed by atoms with Crippen molar-refractivity contribution in [2.24, 2.45) is 0 Å². The number of nitrogens with one attached hydrogen (secondary N) is 1. The van der Waals surface area contributed by atoms with Crippen LogP contribution < -0.4 is 5.36 Å². The maximum Gasteiger partial charge on any atom is 0.0991 e. The van der Waals surface area contributed by atoms with E-state index < -0.39 is 0 Å². The molecule has 0 radical (unpaired) electrons. The lowest BCUT2D eigenvalue weighted by Gasteiger charge is -2.05. The molecule has 1 heterocycles. The molecule has 3 nitrogen and oxygen atoms in total. The summed E-state index contributed by atoms with van der Waals surface area (Å²) in [5.74, 6) is 0. The predicted octanol–water partition coefficient (Wildman–Crippen LogP) is 1.89. The second kappa shape index (κ2) is 4.45. The van der Waals surface area contributed by atoms with Crippen LogP contribution in [0.2, 0.25) is 0 Å². The van der Waals surface area contributed by atoms with Crippen molar-refractivity contribution >= 4 is 0 Å². The van der Waals surface area contributed by atoms with Crippen molar-refractivity contribution in [3.63, 3.8) is 0 Å². The minimum absolute atomic E-state index is 0.510. The van der Waals surface area contributed by atoms with Crippen molar-refractivity contribution in [2.75, 3.05) is 0 Å². The van der Waals surface area contributed by atoms with E-state index in [2.05, 4.69) is 6.07 Å². The zero-order valence-corrected chi connectivity index (χ0v) is 8.72. The van der Waals surface area contributed by atoms with Gasteiger partial charge in [0, 0.05) is 18.9 Å². The van der Waals surface area contributed by atoms with Crippen molar-refractivity contribution in [1.82, 2.24) is 4.57 Å². The van der Waals surface area contributed by atoms with Gasteiger partial charge in [-0.25, -0.2) is 0 Å². The first-order valence-electron chi connectivity index (χ1n) is 4.98. The molecule has 0 aliphatic rings. The average molecular weight is 209 g/mol. The highest BCUT2D eigenvalue weighted by Crippen LogP contribution is 2.04. The third kappa shape index (κ3) is 2.37. The largest absolute Gasteiger partial charge is 0.350 e. The number of pyridine rings is 1. The number of hydrogen-bond donors (Lipinski definition) is 1. The Hall–Kier alpha value is -2.34. The molecule has 16 heavy (non-hydrogen) atoms. The highest BCUT2D eigenvalue weighted by Gasteiger charge is 1.94. The van der Waals surface area contributed by atoms with Crippen LogP contribution in [-0.2, 0) is 6.54 Å². The van der Waals surface area contributed by atoms with E-state index in [0.717, 1.165) is 12.1 Å². The number of nitrogens with zero attached hydrogens (tertiary/aromatic N) is 2. The van der Waals surface area contributed by atoms with E-state index >= 15 is 0 Å². The average Bonchev–Trinajstić information content (AvgIpc) is 2.33. The van der Waals surface area contributed by atoms with Gasteiger partial charge in [0.15, 0.2) is 0 Å². The molecule has 0 saturated carbocycles. The van der Waals surface area contributed by atoms with Gasteiger partial charge in [0.2, 0.25) is 0 Å². The minimum atomic E-state index is 0.510. The fourth-order valence-corrected chi connectivity index (χ4v) is 1.46. The van der Waals surface area contributed by atoms with Gasteiger partial charge in [-0.1, -0.05) is 12.1 Å². The van der Waals surface area contributed by atoms with Crippen LogP contribution in [0.15, 0.2) is 48.8 Å². The lowest BCUT2D eigenvalue weighted by molar-refractivity contribution is 0.786. The molecule has 78 valence electrons. The van der Waals surface area contributed by atoms with Crippen LogP contribution in [0, 0.1) is 16.7 Å². The summed E-state index contributed by atoms with van der Waals surface area (Å²) in [5.41, 5.74) is 1.82. The standard InChI is InChI=1S/C13H11N3/c14-9-11-1-3-12(4-2-11)10-16-7-5-13(15)6-8-16/h1-8,15H,10H2. The Morgan fingerprint density at radius 3 is 2.25 bits per heavy atom. The molecule has 0 aliphatic heterocycles. The summed E-state index contributed by atoms with van der Waals surface area (Å²) in [7, 11) is 0. The zero-order valence-electron chi connectivity index (χ0n) is 8.72. The van der Waals surface area contributed by atoms with E-state index in [1.165, 1.54) is 0 Å². The Bertz CT molecular complexity index is 553. The molecule has 0 atom stereocenters. The smallest absolute Gasteiger partial charge is 0.0991 e. The summed E-state index contributed by atoms with van der Waals surface area (Å²) in [6.07, 6.45) is 3.75. The summed E-state index contributed by atoms with van der Waals surface area (Å²) in [6, 6.07) is 13.1. The first-order chi connectivity index (χ1) is 7.78. The van der Waals surface area contributed by atoms with Gasteiger partial charge in [0.25, 0.3) is 0 Å². The molecule has 0 saturated heterocycles. The third-order valence-corrected chi connectivity index (χ3v) is 2.34. The topological polar surface area (TPSA) is 52.6 Å². The van der Waals surface area contributed by atoms with Crippen LogP contribution in [0.5, 0.6) is 0 Å². The summed E-state index contributed by atoms with van der Waals surface area (Å²) in [5, 5.41) is 16.6. The first kappa shape index (κ1) is 10.2. The molecule has 0 spiro atoms. The van der Waals surface area contributed by atoms with Crippen molar-refractivity contribution in [2.45, 2.75) is 6.54 Å². The van der Waals surface area contributed by atoms with E-state index in [9.17, 15) is 0 Å². The molecule has 0 unspecified atom stereocenters. The molecule has 2 aromatic rings. The second-order valence-corrected chi connectivity index (χ2v) is 3.57. The first-order valence-corrected chi connectivity index (χ1v) is 4.98.